The van der Waals surface area contributed by atoms with Gasteiger partial charge in [0.15, 0.2) is 5.69 Å². The molecule has 5 nitrogen and oxygen atoms in total. The molecule has 0 bridgehead atoms. The van der Waals surface area contributed by atoms with Crippen molar-refractivity contribution >= 4 is 5.91 Å². The molecule has 0 saturated carbocycles. The highest BCUT2D eigenvalue weighted by atomic mass is 19.4. The molecule has 1 atom stereocenters. The van der Waals surface area contributed by atoms with Crippen molar-refractivity contribution in [2.45, 2.75) is 19.1 Å². The van der Waals surface area contributed by atoms with Gasteiger partial charge >= 0.3 is 6.18 Å². The molecule has 0 aliphatic carbocycles. The highest BCUT2D eigenvalue weighted by Gasteiger charge is 2.40. The highest BCUT2D eigenvalue weighted by Crippen LogP contribution is 2.33. The van der Waals surface area contributed by atoms with Crippen molar-refractivity contribution in [1.82, 2.24) is 20.4 Å². The van der Waals surface area contributed by atoms with E-state index in [-0.39, 0.29) is 18.3 Å². The quantitative estimate of drug-likeness (QED) is 0.886. The number of carbonyl (C=O) groups is 1. The largest absolute Gasteiger partial charge is 0.434 e. The van der Waals surface area contributed by atoms with Gasteiger partial charge in [-0.15, -0.1) is 0 Å². The third-order valence-electron chi connectivity index (χ3n) is 3.34. The molecule has 0 aliphatic heterocycles. The number of halogens is 3. The van der Waals surface area contributed by atoms with Gasteiger partial charge in [0, 0.05) is 12.6 Å². The molecule has 1 unspecified atom stereocenters. The number of carbonyl (C=O) groups excluding carboxylic acids is 1. The molecular weight excluding hydrogens is 309 g/mol. The Morgan fingerprint density at radius 2 is 1.96 bits per heavy atom. The molecule has 0 saturated heterocycles. The number of alkyl halides is 3. The van der Waals surface area contributed by atoms with Gasteiger partial charge in [-0.05, 0) is 26.1 Å². The maximum absolute atomic E-state index is 13.4. The van der Waals surface area contributed by atoms with Crippen LogP contribution >= 0.6 is 0 Å². The molecule has 2 aromatic rings. The summed E-state index contributed by atoms with van der Waals surface area (Å²) < 4.78 is 40.9. The normalized spacial score (nSPS) is 12.9. The Kier molecular flexibility index (Phi) is 5.05. The second-order valence-electron chi connectivity index (χ2n) is 5.05. The van der Waals surface area contributed by atoms with Crippen LogP contribution in [0.5, 0.6) is 0 Å². The SMILES string of the molecule is CNC(C)CNC(=O)c1cnn(-c2ccccc2)c1C(F)(F)F. The Hall–Kier alpha value is -2.35. The molecule has 1 aromatic heterocycles. The van der Waals surface area contributed by atoms with Crippen LogP contribution in [-0.4, -0.2) is 35.3 Å². The van der Waals surface area contributed by atoms with Gasteiger partial charge in [0.25, 0.3) is 5.91 Å². The fraction of sp³-hybridized carbons (Fsp3) is 0.333. The van der Waals surface area contributed by atoms with Crippen LogP contribution in [0.1, 0.15) is 23.0 Å². The third kappa shape index (κ3) is 3.89. The number of nitrogens with zero attached hydrogens (tertiary/aromatic N) is 2. The van der Waals surface area contributed by atoms with Crippen molar-refractivity contribution in [1.29, 1.82) is 0 Å². The van der Waals surface area contributed by atoms with Crippen LogP contribution in [0.3, 0.4) is 0 Å². The van der Waals surface area contributed by atoms with Crippen molar-refractivity contribution in [2.24, 2.45) is 0 Å². The molecule has 1 amide bonds. The number of likely N-dealkylation sites (N-methyl/N-ethyl adjacent to an activating group) is 1. The van der Waals surface area contributed by atoms with Gasteiger partial charge in [0.1, 0.15) is 0 Å². The Morgan fingerprint density at radius 3 is 2.52 bits per heavy atom. The fourth-order valence-electron chi connectivity index (χ4n) is 2.00. The van der Waals surface area contributed by atoms with E-state index in [9.17, 15) is 18.0 Å². The van der Waals surface area contributed by atoms with E-state index < -0.39 is 23.3 Å². The maximum atomic E-state index is 13.4. The van der Waals surface area contributed by atoms with Gasteiger partial charge in [-0.25, -0.2) is 4.68 Å². The zero-order valence-electron chi connectivity index (χ0n) is 12.7. The minimum atomic E-state index is -4.70. The predicted molar refractivity (Wildman–Crippen MR) is 79.4 cm³/mol. The Bertz CT molecular complexity index is 667. The van der Waals surface area contributed by atoms with Gasteiger partial charge in [0.05, 0.1) is 17.4 Å². The third-order valence-corrected chi connectivity index (χ3v) is 3.34. The van der Waals surface area contributed by atoms with E-state index in [0.717, 1.165) is 10.9 Å². The summed E-state index contributed by atoms with van der Waals surface area (Å²) in [6.45, 7) is 2.02. The van der Waals surface area contributed by atoms with Crippen molar-refractivity contribution < 1.29 is 18.0 Å². The van der Waals surface area contributed by atoms with Gasteiger partial charge in [-0.2, -0.15) is 18.3 Å². The minimum Gasteiger partial charge on any atom is -0.350 e. The van der Waals surface area contributed by atoms with E-state index in [1.807, 2.05) is 0 Å². The summed E-state index contributed by atoms with van der Waals surface area (Å²) in [4.78, 5) is 12.1. The van der Waals surface area contributed by atoms with Crippen molar-refractivity contribution in [3.05, 3.63) is 47.8 Å². The summed E-state index contributed by atoms with van der Waals surface area (Å²) in [5, 5.41) is 9.10. The zero-order chi connectivity index (χ0) is 17.0. The first-order chi connectivity index (χ1) is 10.8. The molecule has 23 heavy (non-hydrogen) atoms. The van der Waals surface area contributed by atoms with Crippen LogP contribution in [0.15, 0.2) is 36.5 Å². The van der Waals surface area contributed by atoms with Crippen LogP contribution in [0.2, 0.25) is 0 Å². The lowest BCUT2D eigenvalue weighted by atomic mass is 10.2. The van der Waals surface area contributed by atoms with Gasteiger partial charge in [-0.3, -0.25) is 4.79 Å². The minimum absolute atomic E-state index is 0.0579. The topological polar surface area (TPSA) is 58.9 Å². The Morgan fingerprint density at radius 1 is 1.30 bits per heavy atom. The van der Waals surface area contributed by atoms with E-state index in [0.29, 0.717) is 0 Å². The van der Waals surface area contributed by atoms with Crippen LogP contribution in [0, 0.1) is 0 Å². The first-order valence-corrected chi connectivity index (χ1v) is 7.00. The van der Waals surface area contributed by atoms with Crippen LogP contribution < -0.4 is 10.6 Å². The first kappa shape index (κ1) is 17.0. The first-order valence-electron chi connectivity index (χ1n) is 7.00. The number of hydrogen-bond acceptors (Lipinski definition) is 3. The molecule has 124 valence electrons. The Balaban J connectivity index is 2.38. The second kappa shape index (κ2) is 6.82. The predicted octanol–water partition coefficient (Wildman–Crippen LogP) is 2.23. The molecule has 1 heterocycles. The Labute approximate surface area is 131 Å². The summed E-state index contributed by atoms with van der Waals surface area (Å²) in [6, 6.07) is 7.82. The van der Waals surface area contributed by atoms with E-state index in [1.165, 1.54) is 12.1 Å². The zero-order valence-corrected chi connectivity index (χ0v) is 12.7. The smallest absolute Gasteiger partial charge is 0.350 e. The summed E-state index contributed by atoms with van der Waals surface area (Å²) in [5.41, 5.74) is -1.34. The molecular formula is C15H17F3N4O. The maximum Gasteiger partial charge on any atom is 0.434 e. The summed E-state index contributed by atoms with van der Waals surface area (Å²) in [6.07, 6.45) is -3.76. The fourth-order valence-corrected chi connectivity index (χ4v) is 2.00. The lowest BCUT2D eigenvalue weighted by molar-refractivity contribution is -0.143. The summed E-state index contributed by atoms with van der Waals surface area (Å²) in [5.74, 6) is -0.804. The standard InChI is InChI=1S/C15H17F3N4O/c1-10(19-2)8-20-14(23)12-9-21-22(13(12)15(16,17)18)11-6-4-3-5-7-11/h3-7,9-10,19H,8H2,1-2H3,(H,20,23). The molecule has 0 fully saturated rings. The molecule has 8 heteroatoms. The number of para-hydroxylation sites is 1. The average molecular weight is 326 g/mol. The second-order valence-corrected chi connectivity index (χ2v) is 5.05. The highest BCUT2D eigenvalue weighted by molar-refractivity contribution is 5.95. The molecule has 0 radical (unpaired) electrons. The number of amides is 1. The number of aromatic nitrogens is 2. The van der Waals surface area contributed by atoms with Crippen molar-refractivity contribution in [3.63, 3.8) is 0 Å². The lowest BCUT2D eigenvalue weighted by Crippen LogP contribution is -2.37. The van der Waals surface area contributed by atoms with Crippen LogP contribution in [0.25, 0.3) is 5.69 Å². The molecule has 1 aromatic carbocycles. The number of nitrogens with one attached hydrogen (secondary N) is 2. The lowest BCUT2D eigenvalue weighted by Gasteiger charge is -2.14. The van der Waals surface area contributed by atoms with E-state index >= 15 is 0 Å². The monoisotopic (exact) mass is 326 g/mol. The van der Waals surface area contributed by atoms with E-state index in [1.54, 1.807) is 32.2 Å². The molecule has 0 aliphatic rings. The summed E-state index contributed by atoms with van der Waals surface area (Å²) >= 11 is 0. The molecule has 0 spiro atoms. The number of benzene rings is 1. The molecule has 2 N–H and O–H groups in total. The van der Waals surface area contributed by atoms with Crippen molar-refractivity contribution in [3.8, 4) is 5.69 Å². The van der Waals surface area contributed by atoms with Gasteiger partial charge < -0.3 is 10.6 Å². The summed E-state index contributed by atoms with van der Waals surface area (Å²) in [7, 11) is 1.70. The van der Waals surface area contributed by atoms with Crippen LogP contribution in [0.4, 0.5) is 13.2 Å². The average Bonchev–Trinajstić information content (AvgIpc) is 2.98. The number of rotatable bonds is 5. The van der Waals surface area contributed by atoms with Gasteiger partial charge in [0.2, 0.25) is 0 Å². The van der Waals surface area contributed by atoms with Crippen molar-refractivity contribution in [2.75, 3.05) is 13.6 Å². The van der Waals surface area contributed by atoms with E-state index in [2.05, 4.69) is 15.7 Å². The molecule has 2 rings (SSSR count). The van der Waals surface area contributed by atoms with E-state index in [4.69, 9.17) is 0 Å². The van der Waals surface area contributed by atoms with Crippen LogP contribution in [-0.2, 0) is 6.18 Å². The van der Waals surface area contributed by atoms with Gasteiger partial charge in [-0.1, -0.05) is 18.2 Å². The number of hydrogen-bond donors (Lipinski definition) is 2.